The summed E-state index contributed by atoms with van der Waals surface area (Å²) in [4.78, 5) is 31.9. The van der Waals surface area contributed by atoms with Crippen molar-refractivity contribution in [3.8, 4) is 0 Å². The van der Waals surface area contributed by atoms with Crippen molar-refractivity contribution >= 4 is 28.4 Å². The normalized spacial score (nSPS) is 11.4. The number of amides is 2. The molecule has 0 aliphatic carbocycles. The molecule has 0 saturated heterocycles. The monoisotopic (exact) mass is 341 g/mol. The van der Waals surface area contributed by atoms with Crippen LogP contribution in [0.5, 0.6) is 0 Å². The molecule has 134 valence electrons. The van der Waals surface area contributed by atoms with Crippen LogP contribution in [0.2, 0.25) is 0 Å². The summed E-state index contributed by atoms with van der Waals surface area (Å²) in [5, 5.41) is 3.84. The number of para-hydroxylation sites is 1. The van der Waals surface area contributed by atoms with E-state index in [2.05, 4.69) is 10.3 Å². The van der Waals surface area contributed by atoms with E-state index in [4.69, 9.17) is 0 Å². The summed E-state index contributed by atoms with van der Waals surface area (Å²) in [6.45, 7) is 8.76. The van der Waals surface area contributed by atoms with Crippen molar-refractivity contribution in [1.29, 1.82) is 0 Å². The van der Waals surface area contributed by atoms with Gasteiger partial charge in [-0.25, -0.2) is 0 Å². The number of nitrogens with one attached hydrogen (secondary N) is 1. The van der Waals surface area contributed by atoms with E-state index in [-0.39, 0.29) is 11.8 Å². The first-order valence-electron chi connectivity index (χ1n) is 8.86. The van der Waals surface area contributed by atoms with E-state index in [1.54, 1.807) is 24.9 Å². The smallest absolute Gasteiger partial charge is 0.239 e. The van der Waals surface area contributed by atoms with Crippen LogP contribution in [-0.2, 0) is 9.59 Å². The second kappa shape index (κ2) is 8.10. The topological polar surface area (TPSA) is 62.3 Å². The maximum Gasteiger partial charge on any atom is 0.239 e. The molecule has 5 nitrogen and oxygen atoms in total. The Bertz CT molecular complexity index is 744. The van der Waals surface area contributed by atoms with Gasteiger partial charge in [0.2, 0.25) is 11.8 Å². The van der Waals surface area contributed by atoms with Crippen molar-refractivity contribution in [3.05, 3.63) is 36.5 Å². The van der Waals surface area contributed by atoms with Crippen LogP contribution in [0.1, 0.15) is 40.5 Å². The minimum absolute atomic E-state index is 0.137. The van der Waals surface area contributed by atoms with Crippen molar-refractivity contribution in [3.63, 3.8) is 0 Å². The van der Waals surface area contributed by atoms with Crippen LogP contribution < -0.4 is 5.32 Å². The van der Waals surface area contributed by atoms with Crippen molar-refractivity contribution in [2.75, 3.05) is 18.4 Å². The number of benzene rings is 1. The molecule has 1 aromatic heterocycles. The molecule has 0 radical (unpaired) electrons. The number of anilines is 1. The van der Waals surface area contributed by atoms with Crippen LogP contribution in [0.4, 0.5) is 5.69 Å². The number of pyridine rings is 1. The van der Waals surface area contributed by atoms with Crippen LogP contribution in [0.15, 0.2) is 36.5 Å². The third-order valence-electron chi connectivity index (χ3n) is 4.26. The maximum atomic E-state index is 12.9. The Morgan fingerprint density at radius 1 is 1.08 bits per heavy atom. The van der Waals surface area contributed by atoms with Crippen LogP contribution >= 0.6 is 0 Å². The fourth-order valence-corrected chi connectivity index (χ4v) is 2.83. The number of rotatable bonds is 7. The molecule has 2 aromatic rings. The van der Waals surface area contributed by atoms with Gasteiger partial charge in [0.25, 0.3) is 0 Å². The maximum absolute atomic E-state index is 12.9. The first-order valence-corrected chi connectivity index (χ1v) is 8.86. The summed E-state index contributed by atoms with van der Waals surface area (Å²) >= 11 is 0. The molecule has 0 aliphatic heterocycles. The van der Waals surface area contributed by atoms with Gasteiger partial charge in [0.15, 0.2) is 0 Å². The fraction of sp³-hybridized carbons (Fsp3) is 0.450. The van der Waals surface area contributed by atoms with E-state index < -0.39 is 5.41 Å². The highest BCUT2D eigenvalue weighted by Crippen LogP contribution is 2.26. The second-order valence-electron chi connectivity index (χ2n) is 6.75. The quantitative estimate of drug-likeness (QED) is 0.778. The van der Waals surface area contributed by atoms with Gasteiger partial charge in [0.05, 0.1) is 11.2 Å². The highest BCUT2D eigenvalue weighted by Gasteiger charge is 2.39. The third kappa shape index (κ3) is 4.16. The molecule has 0 spiro atoms. The predicted molar refractivity (Wildman–Crippen MR) is 101 cm³/mol. The number of carbonyl (C=O) groups is 2. The number of hydrogen-bond acceptors (Lipinski definition) is 3. The molecular formula is C20H27N3O2. The van der Waals surface area contributed by atoms with Gasteiger partial charge in [-0.1, -0.05) is 32.0 Å². The molecule has 1 heterocycles. The Balaban J connectivity index is 2.24. The number of hydrogen-bond donors (Lipinski definition) is 1. The number of nitrogens with zero attached hydrogens (tertiary/aromatic N) is 2. The van der Waals surface area contributed by atoms with Crippen LogP contribution in [0, 0.1) is 5.41 Å². The molecule has 2 rings (SSSR count). The zero-order valence-electron chi connectivity index (χ0n) is 15.5. The molecule has 0 bridgehead atoms. The Morgan fingerprint density at radius 3 is 2.36 bits per heavy atom. The Kier molecular flexibility index (Phi) is 6.12. The zero-order valence-corrected chi connectivity index (χ0v) is 15.5. The molecule has 25 heavy (non-hydrogen) atoms. The van der Waals surface area contributed by atoms with Gasteiger partial charge in [-0.3, -0.25) is 14.6 Å². The van der Waals surface area contributed by atoms with Gasteiger partial charge in [-0.15, -0.1) is 0 Å². The first kappa shape index (κ1) is 18.9. The zero-order chi connectivity index (χ0) is 18.4. The van der Waals surface area contributed by atoms with E-state index in [1.165, 1.54) is 0 Å². The number of aromatic nitrogens is 1. The molecule has 5 heteroatoms. The van der Waals surface area contributed by atoms with Crippen molar-refractivity contribution < 1.29 is 9.59 Å². The van der Waals surface area contributed by atoms with Crippen molar-refractivity contribution in [2.24, 2.45) is 5.41 Å². The minimum atomic E-state index is -1.14. The lowest BCUT2D eigenvalue weighted by Crippen LogP contribution is -2.47. The lowest BCUT2D eigenvalue weighted by molar-refractivity contribution is -0.146. The van der Waals surface area contributed by atoms with E-state index in [0.29, 0.717) is 18.8 Å². The minimum Gasteiger partial charge on any atom is -0.342 e. The first-order chi connectivity index (χ1) is 11.9. The van der Waals surface area contributed by atoms with Gasteiger partial charge in [0, 0.05) is 24.7 Å². The summed E-state index contributed by atoms with van der Waals surface area (Å²) in [5.74, 6) is -0.449. The molecule has 0 aliphatic rings. The molecule has 1 N–H and O–H groups in total. The molecular weight excluding hydrogens is 314 g/mol. The summed E-state index contributed by atoms with van der Waals surface area (Å²) in [5.41, 5.74) is 0.212. The molecule has 0 unspecified atom stereocenters. The average Bonchev–Trinajstić information content (AvgIpc) is 2.61. The van der Waals surface area contributed by atoms with Crippen molar-refractivity contribution in [2.45, 2.75) is 40.5 Å². The van der Waals surface area contributed by atoms with Crippen LogP contribution in [0.3, 0.4) is 0 Å². The predicted octanol–water partition coefficient (Wildman–Crippen LogP) is 3.85. The van der Waals surface area contributed by atoms with Gasteiger partial charge < -0.3 is 10.2 Å². The highest BCUT2D eigenvalue weighted by molar-refractivity contribution is 6.12. The Labute approximate surface area is 149 Å². The molecule has 0 saturated carbocycles. The molecule has 0 atom stereocenters. The number of fused-ring (bicyclic) bond motifs is 1. The van der Waals surface area contributed by atoms with Crippen molar-refractivity contribution in [1.82, 2.24) is 9.88 Å². The van der Waals surface area contributed by atoms with Gasteiger partial charge in [-0.05, 0) is 38.8 Å². The average molecular weight is 341 g/mol. The molecule has 0 fully saturated rings. The van der Waals surface area contributed by atoms with E-state index >= 15 is 0 Å². The molecule has 1 aromatic carbocycles. The van der Waals surface area contributed by atoms with E-state index in [1.807, 2.05) is 44.2 Å². The largest absolute Gasteiger partial charge is 0.342 e. The molecule has 2 amide bonds. The Hall–Kier alpha value is -2.43. The summed E-state index contributed by atoms with van der Waals surface area (Å²) in [6.07, 6.45) is 3.44. The summed E-state index contributed by atoms with van der Waals surface area (Å²) in [6, 6.07) is 9.42. The lowest BCUT2D eigenvalue weighted by Gasteiger charge is -2.31. The highest BCUT2D eigenvalue weighted by atomic mass is 16.2. The van der Waals surface area contributed by atoms with Crippen LogP contribution in [0.25, 0.3) is 10.9 Å². The standard InChI is InChI=1S/C20H27N3O2/c1-5-13-23(14-6-2)19(25)20(3,4)18(24)22-16-11-7-9-15-10-8-12-21-17(15)16/h7-12H,5-6,13-14H2,1-4H3,(H,22,24). The van der Waals surface area contributed by atoms with Gasteiger partial charge >= 0.3 is 0 Å². The third-order valence-corrected chi connectivity index (χ3v) is 4.26. The van der Waals surface area contributed by atoms with E-state index in [9.17, 15) is 9.59 Å². The SMILES string of the molecule is CCCN(CCC)C(=O)C(C)(C)C(=O)Nc1cccc2cccnc12. The Morgan fingerprint density at radius 2 is 1.72 bits per heavy atom. The van der Waals surface area contributed by atoms with Gasteiger partial charge in [0.1, 0.15) is 5.41 Å². The van der Waals surface area contributed by atoms with E-state index in [0.717, 1.165) is 23.7 Å². The second-order valence-corrected chi connectivity index (χ2v) is 6.75. The summed E-state index contributed by atoms with van der Waals surface area (Å²) < 4.78 is 0. The van der Waals surface area contributed by atoms with Gasteiger partial charge in [-0.2, -0.15) is 0 Å². The fourth-order valence-electron chi connectivity index (χ4n) is 2.83. The number of carbonyl (C=O) groups excluding carboxylic acids is 2. The van der Waals surface area contributed by atoms with Crippen LogP contribution in [-0.4, -0.2) is 34.8 Å². The lowest BCUT2D eigenvalue weighted by atomic mass is 9.89. The summed E-state index contributed by atoms with van der Waals surface area (Å²) in [7, 11) is 0.